The maximum Gasteiger partial charge on any atom is 0.0541 e. The van der Waals surface area contributed by atoms with Crippen molar-refractivity contribution in [2.75, 3.05) is 4.90 Å². The standard InChI is InChI=1S/C60H50N2/c1-59(2,3)44-36-45(60(4,5)6)38-46(37-44)61(56-34-29-43(39-17-9-7-10-18-39)35-51(56)40-19-11-8-12-20-40)54-32-27-41-26-31-50-55(33-28-42-25-30-49(54)57(41)58(42)50)62-52-23-15-13-21-47(52)48-22-14-16-24-53(48)62/h7-38H,1-6H3. The molecule has 0 unspecified atom stereocenters. The first-order valence-corrected chi connectivity index (χ1v) is 21.9. The second kappa shape index (κ2) is 14.2. The number of benzene rings is 10. The van der Waals surface area contributed by atoms with Gasteiger partial charge in [-0.25, -0.2) is 0 Å². The van der Waals surface area contributed by atoms with Crippen LogP contribution in [0.15, 0.2) is 194 Å². The Morgan fingerprint density at radius 1 is 0.371 bits per heavy atom. The van der Waals surface area contributed by atoms with Gasteiger partial charge in [0.15, 0.2) is 0 Å². The number of aromatic nitrogens is 1. The fraction of sp³-hybridized carbons (Fsp3) is 0.133. The van der Waals surface area contributed by atoms with E-state index in [4.69, 9.17) is 0 Å². The molecular formula is C60H50N2. The summed E-state index contributed by atoms with van der Waals surface area (Å²) in [4.78, 5) is 2.56. The fourth-order valence-corrected chi connectivity index (χ4v) is 9.75. The first-order valence-electron chi connectivity index (χ1n) is 21.9. The summed E-state index contributed by atoms with van der Waals surface area (Å²) in [5.41, 5.74) is 14.4. The van der Waals surface area contributed by atoms with Crippen LogP contribution in [0.1, 0.15) is 52.7 Å². The Balaban J connectivity index is 1.23. The van der Waals surface area contributed by atoms with Crippen molar-refractivity contribution in [1.82, 2.24) is 4.57 Å². The Morgan fingerprint density at radius 2 is 0.871 bits per heavy atom. The Hall–Kier alpha value is -7.16. The summed E-state index contributed by atoms with van der Waals surface area (Å²) >= 11 is 0. The van der Waals surface area contributed by atoms with Crippen LogP contribution in [-0.2, 0) is 10.8 Å². The van der Waals surface area contributed by atoms with E-state index in [1.165, 1.54) is 93.2 Å². The van der Waals surface area contributed by atoms with Crippen molar-refractivity contribution in [1.29, 1.82) is 0 Å². The number of rotatable bonds is 6. The number of para-hydroxylation sites is 2. The predicted octanol–water partition coefficient (Wildman–Crippen LogP) is 17.1. The van der Waals surface area contributed by atoms with Crippen LogP contribution in [-0.4, -0.2) is 4.57 Å². The summed E-state index contributed by atoms with van der Waals surface area (Å²) in [5.74, 6) is 0. The molecule has 11 aromatic rings. The minimum atomic E-state index is -0.0625. The van der Waals surface area contributed by atoms with E-state index in [0.717, 1.165) is 17.1 Å². The number of fused-ring (bicyclic) bond motifs is 3. The molecule has 0 fully saturated rings. The third kappa shape index (κ3) is 6.16. The summed E-state index contributed by atoms with van der Waals surface area (Å²) in [5, 5.41) is 10.1. The second-order valence-electron chi connectivity index (χ2n) is 19.0. The molecule has 11 rings (SSSR count). The number of anilines is 3. The number of hydrogen-bond acceptors (Lipinski definition) is 1. The van der Waals surface area contributed by atoms with Crippen LogP contribution in [0.4, 0.5) is 17.1 Å². The molecule has 1 heterocycles. The Labute approximate surface area is 364 Å². The van der Waals surface area contributed by atoms with E-state index in [1.54, 1.807) is 0 Å². The zero-order chi connectivity index (χ0) is 42.3. The largest absolute Gasteiger partial charge is 0.309 e. The van der Waals surface area contributed by atoms with Gasteiger partial charge >= 0.3 is 0 Å². The van der Waals surface area contributed by atoms with Gasteiger partial charge < -0.3 is 9.47 Å². The van der Waals surface area contributed by atoms with Crippen molar-refractivity contribution < 1.29 is 0 Å². The van der Waals surface area contributed by atoms with E-state index in [2.05, 4.69) is 245 Å². The fourth-order valence-electron chi connectivity index (χ4n) is 9.75. The SMILES string of the molecule is CC(C)(C)c1cc(N(c2ccc(-c3ccccc3)cc2-c2ccccc2)c2ccc3ccc4c(-n5c6ccccc6c6ccccc65)ccc5ccc2c3c54)cc(C(C)(C)C)c1. The molecule has 0 N–H and O–H groups in total. The highest BCUT2D eigenvalue weighted by Crippen LogP contribution is 2.49. The highest BCUT2D eigenvalue weighted by atomic mass is 15.1. The van der Waals surface area contributed by atoms with Crippen LogP contribution < -0.4 is 4.90 Å². The third-order valence-electron chi connectivity index (χ3n) is 13.0. The Bertz CT molecular complexity index is 3380. The molecule has 0 aliphatic heterocycles. The van der Waals surface area contributed by atoms with Crippen LogP contribution in [0.3, 0.4) is 0 Å². The molecule has 0 saturated heterocycles. The van der Waals surface area contributed by atoms with E-state index in [9.17, 15) is 0 Å². The predicted molar refractivity (Wildman–Crippen MR) is 267 cm³/mol. The molecule has 10 aromatic carbocycles. The van der Waals surface area contributed by atoms with Gasteiger partial charge in [-0.15, -0.1) is 0 Å². The molecule has 2 nitrogen and oxygen atoms in total. The average Bonchev–Trinajstić information content (AvgIpc) is 3.63. The maximum atomic E-state index is 2.56. The van der Waals surface area contributed by atoms with Crippen molar-refractivity contribution in [3.63, 3.8) is 0 Å². The van der Waals surface area contributed by atoms with Gasteiger partial charge in [0, 0.05) is 32.8 Å². The molecular weight excluding hydrogens is 749 g/mol. The lowest BCUT2D eigenvalue weighted by atomic mass is 9.80. The molecule has 0 spiro atoms. The topological polar surface area (TPSA) is 8.17 Å². The van der Waals surface area contributed by atoms with Gasteiger partial charge in [0.25, 0.3) is 0 Å². The lowest BCUT2D eigenvalue weighted by Gasteiger charge is -2.33. The summed E-state index contributed by atoms with van der Waals surface area (Å²) < 4.78 is 2.47. The van der Waals surface area contributed by atoms with Gasteiger partial charge in [0.05, 0.1) is 28.1 Å². The summed E-state index contributed by atoms with van der Waals surface area (Å²) in [6.07, 6.45) is 0. The zero-order valence-corrected chi connectivity index (χ0v) is 36.4. The van der Waals surface area contributed by atoms with E-state index >= 15 is 0 Å². The summed E-state index contributed by atoms with van der Waals surface area (Å²) in [6.45, 7) is 14.0. The first kappa shape index (κ1) is 37.8. The van der Waals surface area contributed by atoms with Gasteiger partial charge in [0.1, 0.15) is 0 Å². The highest BCUT2D eigenvalue weighted by molar-refractivity contribution is 6.27. The molecule has 2 heteroatoms. The van der Waals surface area contributed by atoms with E-state index < -0.39 is 0 Å². The molecule has 0 aliphatic rings. The Morgan fingerprint density at radius 3 is 1.48 bits per heavy atom. The normalized spacial score (nSPS) is 12.4. The quantitative estimate of drug-likeness (QED) is 0.152. The van der Waals surface area contributed by atoms with Gasteiger partial charge in [-0.3, -0.25) is 0 Å². The lowest BCUT2D eigenvalue weighted by Crippen LogP contribution is -2.19. The van der Waals surface area contributed by atoms with E-state index in [0.29, 0.717) is 0 Å². The first-order chi connectivity index (χ1) is 30.0. The molecule has 0 bridgehead atoms. The van der Waals surface area contributed by atoms with Crippen LogP contribution in [0.5, 0.6) is 0 Å². The number of hydrogen-bond donors (Lipinski definition) is 0. The molecule has 62 heavy (non-hydrogen) atoms. The minimum Gasteiger partial charge on any atom is -0.309 e. The molecule has 0 amide bonds. The molecule has 0 atom stereocenters. The number of nitrogens with zero attached hydrogens (tertiary/aromatic N) is 2. The van der Waals surface area contributed by atoms with Crippen LogP contribution in [0.25, 0.3) is 82.1 Å². The molecule has 1 aromatic heterocycles. The van der Waals surface area contributed by atoms with Gasteiger partial charge in [0.2, 0.25) is 0 Å². The van der Waals surface area contributed by atoms with Crippen molar-refractivity contribution in [2.24, 2.45) is 0 Å². The third-order valence-corrected chi connectivity index (χ3v) is 13.0. The van der Waals surface area contributed by atoms with Crippen molar-refractivity contribution in [3.05, 3.63) is 205 Å². The molecule has 0 radical (unpaired) electrons. The minimum absolute atomic E-state index is 0.0625. The zero-order valence-electron chi connectivity index (χ0n) is 36.4. The van der Waals surface area contributed by atoms with E-state index in [1.807, 2.05) is 0 Å². The van der Waals surface area contributed by atoms with Gasteiger partial charge in [-0.1, -0.05) is 187 Å². The summed E-state index contributed by atoms with van der Waals surface area (Å²) in [6, 6.07) is 72.4. The highest BCUT2D eigenvalue weighted by Gasteiger charge is 2.27. The van der Waals surface area contributed by atoms with E-state index in [-0.39, 0.29) is 10.8 Å². The van der Waals surface area contributed by atoms with Crippen molar-refractivity contribution in [3.8, 4) is 27.9 Å². The van der Waals surface area contributed by atoms with Crippen LogP contribution in [0.2, 0.25) is 0 Å². The molecule has 0 aliphatic carbocycles. The van der Waals surface area contributed by atoms with Crippen molar-refractivity contribution >= 4 is 71.2 Å². The average molecular weight is 799 g/mol. The summed E-state index contributed by atoms with van der Waals surface area (Å²) in [7, 11) is 0. The van der Waals surface area contributed by atoms with Gasteiger partial charge in [-0.05, 0) is 109 Å². The molecule has 300 valence electrons. The maximum absolute atomic E-state index is 2.56. The van der Waals surface area contributed by atoms with Crippen LogP contribution in [0, 0.1) is 0 Å². The van der Waals surface area contributed by atoms with Crippen LogP contribution >= 0.6 is 0 Å². The van der Waals surface area contributed by atoms with Crippen molar-refractivity contribution in [2.45, 2.75) is 52.4 Å². The monoisotopic (exact) mass is 798 g/mol. The molecule has 0 saturated carbocycles. The smallest absolute Gasteiger partial charge is 0.0541 e. The Kier molecular flexibility index (Phi) is 8.67. The lowest BCUT2D eigenvalue weighted by molar-refractivity contribution is 0.569. The van der Waals surface area contributed by atoms with Gasteiger partial charge in [-0.2, -0.15) is 0 Å². The second-order valence-corrected chi connectivity index (χ2v) is 19.0.